The van der Waals surface area contributed by atoms with Crippen molar-refractivity contribution in [2.45, 2.75) is 19.9 Å². The molecule has 1 saturated heterocycles. The lowest BCUT2D eigenvalue weighted by Gasteiger charge is -2.37. The zero-order valence-corrected chi connectivity index (χ0v) is 12.9. The molecule has 1 aliphatic heterocycles. The van der Waals surface area contributed by atoms with Gasteiger partial charge in [-0.15, -0.1) is 0 Å². The Morgan fingerprint density at radius 1 is 1.43 bits per heavy atom. The summed E-state index contributed by atoms with van der Waals surface area (Å²) < 4.78 is 0. The van der Waals surface area contributed by atoms with Crippen molar-refractivity contribution < 1.29 is 9.90 Å². The molecule has 1 atom stereocenters. The van der Waals surface area contributed by atoms with Crippen LogP contribution in [-0.4, -0.2) is 60.1 Å². The molecule has 4 heteroatoms. The summed E-state index contributed by atoms with van der Waals surface area (Å²) in [6, 6.07) is 5.96. The van der Waals surface area contributed by atoms with Crippen molar-refractivity contribution in [1.29, 1.82) is 0 Å². The summed E-state index contributed by atoms with van der Waals surface area (Å²) in [5, 5.41) is 8.80. The minimum atomic E-state index is -0.173. The van der Waals surface area contributed by atoms with Crippen LogP contribution in [0.25, 0.3) is 0 Å². The van der Waals surface area contributed by atoms with Gasteiger partial charge in [0.1, 0.15) is 6.61 Å². The van der Waals surface area contributed by atoms with Gasteiger partial charge in [0.15, 0.2) is 0 Å². The van der Waals surface area contributed by atoms with Crippen LogP contribution >= 0.6 is 0 Å². The quantitative estimate of drug-likeness (QED) is 0.787. The molecule has 0 bridgehead atoms. The number of aliphatic hydroxyl groups excluding tert-OH is 1. The van der Waals surface area contributed by atoms with E-state index in [4.69, 9.17) is 5.11 Å². The van der Waals surface area contributed by atoms with E-state index in [1.807, 2.05) is 30.0 Å². The third-order valence-electron chi connectivity index (χ3n) is 4.03. The maximum atomic E-state index is 12.6. The Balaban J connectivity index is 2.20. The van der Waals surface area contributed by atoms with Crippen molar-refractivity contribution in [2.24, 2.45) is 0 Å². The first-order valence-electron chi connectivity index (χ1n) is 7.23. The number of hydrogen-bond acceptors (Lipinski definition) is 3. The van der Waals surface area contributed by atoms with Crippen LogP contribution in [0.3, 0.4) is 0 Å². The summed E-state index contributed by atoms with van der Waals surface area (Å²) in [4.78, 5) is 16.8. The lowest BCUT2D eigenvalue weighted by molar-refractivity contribution is 0.0572. The molecule has 0 aromatic heterocycles. The number of carbonyl (C=O) groups excluding carboxylic acids is 1. The molecule has 2 rings (SSSR count). The smallest absolute Gasteiger partial charge is 0.253 e. The summed E-state index contributed by atoms with van der Waals surface area (Å²) in [5.74, 6) is 5.59. The molecule has 112 valence electrons. The number of benzene rings is 1. The fourth-order valence-corrected chi connectivity index (χ4v) is 2.44. The van der Waals surface area contributed by atoms with Crippen LogP contribution < -0.4 is 0 Å². The summed E-state index contributed by atoms with van der Waals surface area (Å²) in [6.07, 6.45) is 0. The van der Waals surface area contributed by atoms with Crippen LogP contribution in [0.4, 0.5) is 0 Å². The second-order valence-corrected chi connectivity index (χ2v) is 5.57. The van der Waals surface area contributed by atoms with Gasteiger partial charge < -0.3 is 14.9 Å². The molecule has 0 spiro atoms. The number of hydrogen-bond donors (Lipinski definition) is 1. The van der Waals surface area contributed by atoms with Crippen molar-refractivity contribution in [3.63, 3.8) is 0 Å². The lowest BCUT2D eigenvalue weighted by atomic mass is 10.0. The van der Waals surface area contributed by atoms with Crippen LogP contribution in [-0.2, 0) is 0 Å². The lowest BCUT2D eigenvalue weighted by Crippen LogP contribution is -2.52. The Bertz CT molecular complexity index is 586. The Morgan fingerprint density at radius 2 is 2.19 bits per heavy atom. The molecule has 1 unspecified atom stereocenters. The molecule has 0 radical (unpaired) electrons. The third kappa shape index (κ3) is 3.63. The van der Waals surface area contributed by atoms with E-state index in [9.17, 15) is 4.79 Å². The van der Waals surface area contributed by atoms with Gasteiger partial charge in [0.25, 0.3) is 5.91 Å². The molecule has 4 nitrogen and oxygen atoms in total. The first-order valence-corrected chi connectivity index (χ1v) is 7.23. The molecule has 1 fully saturated rings. The van der Waals surface area contributed by atoms with Crippen LogP contribution in [0.1, 0.15) is 28.4 Å². The number of aliphatic hydroxyl groups is 1. The predicted octanol–water partition coefficient (Wildman–Crippen LogP) is 1.11. The van der Waals surface area contributed by atoms with Crippen LogP contribution in [0.15, 0.2) is 18.2 Å². The summed E-state index contributed by atoms with van der Waals surface area (Å²) in [5.41, 5.74) is 2.48. The second-order valence-electron chi connectivity index (χ2n) is 5.57. The van der Waals surface area contributed by atoms with E-state index in [2.05, 4.69) is 30.7 Å². The average Bonchev–Trinajstić information content (AvgIpc) is 2.48. The van der Waals surface area contributed by atoms with Gasteiger partial charge >= 0.3 is 0 Å². The number of rotatable bonds is 1. The van der Waals surface area contributed by atoms with E-state index in [0.717, 1.165) is 30.8 Å². The van der Waals surface area contributed by atoms with Gasteiger partial charge in [0.2, 0.25) is 0 Å². The minimum Gasteiger partial charge on any atom is -0.384 e. The summed E-state index contributed by atoms with van der Waals surface area (Å²) in [7, 11) is 2.08. The molecule has 0 saturated carbocycles. The van der Waals surface area contributed by atoms with E-state index in [1.54, 1.807) is 0 Å². The summed E-state index contributed by atoms with van der Waals surface area (Å²) in [6.45, 7) is 6.32. The van der Waals surface area contributed by atoms with E-state index < -0.39 is 0 Å². The molecule has 1 amide bonds. The van der Waals surface area contributed by atoms with Gasteiger partial charge in [0.05, 0.1) is 0 Å². The maximum absolute atomic E-state index is 12.6. The van der Waals surface area contributed by atoms with Crippen LogP contribution in [0, 0.1) is 18.8 Å². The molecule has 1 aliphatic rings. The highest BCUT2D eigenvalue weighted by molar-refractivity contribution is 5.94. The number of likely N-dealkylation sites (N-methyl/N-ethyl adjacent to an activating group) is 1. The molecule has 0 aliphatic carbocycles. The Hall–Kier alpha value is -1.83. The van der Waals surface area contributed by atoms with E-state index in [1.165, 1.54) is 0 Å². The molecule has 1 N–H and O–H groups in total. The number of nitrogens with zero attached hydrogens (tertiary/aromatic N) is 2. The molecular formula is C17H22N2O2. The second kappa shape index (κ2) is 6.75. The highest BCUT2D eigenvalue weighted by atomic mass is 16.2. The van der Waals surface area contributed by atoms with Crippen LogP contribution in [0.5, 0.6) is 0 Å². The van der Waals surface area contributed by atoms with Gasteiger partial charge in [0, 0.05) is 36.8 Å². The largest absolute Gasteiger partial charge is 0.384 e. The maximum Gasteiger partial charge on any atom is 0.253 e. The topological polar surface area (TPSA) is 43.8 Å². The fourth-order valence-electron chi connectivity index (χ4n) is 2.44. The first kappa shape index (κ1) is 15.6. The van der Waals surface area contributed by atoms with Gasteiger partial charge in [-0.25, -0.2) is 0 Å². The van der Waals surface area contributed by atoms with Gasteiger partial charge in [-0.2, -0.15) is 0 Å². The molecule has 21 heavy (non-hydrogen) atoms. The third-order valence-corrected chi connectivity index (χ3v) is 4.03. The van der Waals surface area contributed by atoms with E-state index in [-0.39, 0.29) is 12.5 Å². The highest BCUT2D eigenvalue weighted by Crippen LogP contribution is 2.15. The summed E-state index contributed by atoms with van der Waals surface area (Å²) >= 11 is 0. The van der Waals surface area contributed by atoms with Gasteiger partial charge in [-0.1, -0.05) is 17.9 Å². The van der Waals surface area contributed by atoms with Crippen molar-refractivity contribution in [1.82, 2.24) is 9.80 Å². The standard InChI is InChI=1S/C17H22N2O2/c1-13-6-7-16(11-15(13)5-4-10-20)17(21)19-9-8-18(3)14(2)12-19/h6-7,11,14,20H,8-10,12H2,1-3H3. The normalized spacial score (nSPS) is 19.0. The fraction of sp³-hybridized carbons (Fsp3) is 0.471. The molecule has 1 aromatic rings. The number of piperazine rings is 1. The minimum absolute atomic E-state index is 0.0574. The van der Waals surface area contributed by atoms with Crippen molar-refractivity contribution in [3.8, 4) is 11.8 Å². The van der Waals surface area contributed by atoms with E-state index >= 15 is 0 Å². The van der Waals surface area contributed by atoms with Crippen molar-refractivity contribution >= 4 is 5.91 Å². The Morgan fingerprint density at radius 3 is 2.86 bits per heavy atom. The molecule has 1 heterocycles. The Labute approximate surface area is 126 Å². The van der Waals surface area contributed by atoms with Gasteiger partial charge in [-0.3, -0.25) is 4.79 Å². The zero-order chi connectivity index (χ0) is 15.4. The van der Waals surface area contributed by atoms with Crippen molar-refractivity contribution in [2.75, 3.05) is 33.3 Å². The molecular weight excluding hydrogens is 264 g/mol. The van der Waals surface area contributed by atoms with E-state index in [0.29, 0.717) is 11.6 Å². The Kier molecular flexibility index (Phi) is 5.00. The van der Waals surface area contributed by atoms with Gasteiger partial charge in [-0.05, 0) is 38.6 Å². The van der Waals surface area contributed by atoms with Crippen LogP contribution in [0.2, 0.25) is 0 Å². The SMILES string of the molecule is Cc1ccc(C(=O)N2CCN(C)C(C)C2)cc1C#CCO. The monoisotopic (exact) mass is 286 g/mol. The zero-order valence-electron chi connectivity index (χ0n) is 12.9. The average molecular weight is 286 g/mol. The highest BCUT2D eigenvalue weighted by Gasteiger charge is 2.25. The number of carbonyl (C=O) groups is 1. The van der Waals surface area contributed by atoms with Crippen molar-refractivity contribution in [3.05, 3.63) is 34.9 Å². The number of aryl methyl sites for hydroxylation is 1. The first-order chi connectivity index (χ1) is 10.0. The number of amides is 1. The molecule has 1 aromatic carbocycles. The predicted molar refractivity (Wildman–Crippen MR) is 83.1 cm³/mol.